The van der Waals surface area contributed by atoms with Gasteiger partial charge >= 0.3 is 5.97 Å². The summed E-state index contributed by atoms with van der Waals surface area (Å²) in [6.45, 7) is 1.54. The van der Waals surface area contributed by atoms with E-state index in [1.807, 2.05) is 6.07 Å². The Balaban J connectivity index is 2.47. The van der Waals surface area contributed by atoms with Gasteiger partial charge in [0.2, 0.25) is 0 Å². The smallest absolute Gasteiger partial charge is 0.320 e. The SMILES string of the molecule is CC(NCC(=O)c1ccccc1)C(=O)O. The molecule has 0 bridgehead atoms. The van der Waals surface area contributed by atoms with Gasteiger partial charge in [0.25, 0.3) is 0 Å². The molecule has 0 aliphatic rings. The van der Waals surface area contributed by atoms with Gasteiger partial charge in [0.15, 0.2) is 5.78 Å². The van der Waals surface area contributed by atoms with Gasteiger partial charge in [-0.3, -0.25) is 14.9 Å². The van der Waals surface area contributed by atoms with Gasteiger partial charge in [-0.05, 0) is 6.92 Å². The van der Waals surface area contributed by atoms with Crippen molar-refractivity contribution in [3.05, 3.63) is 35.9 Å². The van der Waals surface area contributed by atoms with Crippen LogP contribution in [0.25, 0.3) is 0 Å². The molecule has 0 saturated carbocycles. The van der Waals surface area contributed by atoms with E-state index < -0.39 is 12.0 Å². The number of aliphatic carboxylic acids is 1. The molecular formula is C11H13NO3. The van der Waals surface area contributed by atoms with Crippen LogP contribution in [0.5, 0.6) is 0 Å². The maximum atomic E-state index is 11.5. The summed E-state index contributed by atoms with van der Waals surface area (Å²) in [5, 5.41) is 11.2. The zero-order valence-electron chi connectivity index (χ0n) is 8.43. The standard InChI is InChI=1S/C11H13NO3/c1-8(11(14)15)12-7-10(13)9-5-3-2-4-6-9/h2-6,8,12H,7H2,1H3,(H,14,15). The second-order valence-electron chi connectivity index (χ2n) is 3.23. The first kappa shape index (κ1) is 11.4. The van der Waals surface area contributed by atoms with Crippen LogP contribution in [0, 0.1) is 0 Å². The summed E-state index contributed by atoms with van der Waals surface area (Å²) in [6.07, 6.45) is 0. The molecule has 4 nitrogen and oxygen atoms in total. The third kappa shape index (κ3) is 3.52. The molecule has 0 aliphatic carbocycles. The molecule has 0 fully saturated rings. The molecule has 1 aromatic rings. The quantitative estimate of drug-likeness (QED) is 0.705. The highest BCUT2D eigenvalue weighted by Crippen LogP contribution is 1.99. The van der Waals surface area contributed by atoms with Gasteiger partial charge in [0, 0.05) is 5.56 Å². The largest absolute Gasteiger partial charge is 0.480 e. The maximum Gasteiger partial charge on any atom is 0.320 e. The monoisotopic (exact) mass is 207 g/mol. The fourth-order valence-corrected chi connectivity index (χ4v) is 1.06. The zero-order chi connectivity index (χ0) is 11.3. The topological polar surface area (TPSA) is 66.4 Å². The van der Waals surface area contributed by atoms with Crippen LogP contribution in [0.2, 0.25) is 0 Å². The van der Waals surface area contributed by atoms with Gasteiger partial charge in [-0.2, -0.15) is 0 Å². The summed E-state index contributed by atoms with van der Waals surface area (Å²) in [5.41, 5.74) is 0.586. The number of Topliss-reactive ketones (excluding diaryl/α,β-unsaturated/α-hetero) is 1. The highest BCUT2D eigenvalue weighted by molar-refractivity contribution is 5.97. The molecule has 0 saturated heterocycles. The highest BCUT2D eigenvalue weighted by Gasteiger charge is 2.12. The second-order valence-corrected chi connectivity index (χ2v) is 3.23. The summed E-state index contributed by atoms with van der Waals surface area (Å²) in [4.78, 5) is 22.0. The molecule has 0 radical (unpaired) electrons. The average Bonchev–Trinajstić information content (AvgIpc) is 2.26. The molecule has 0 aliphatic heterocycles. The zero-order valence-corrected chi connectivity index (χ0v) is 8.43. The van der Waals surface area contributed by atoms with Crippen molar-refractivity contribution in [3.63, 3.8) is 0 Å². The molecule has 0 spiro atoms. The number of carbonyl (C=O) groups is 2. The summed E-state index contributed by atoms with van der Waals surface area (Å²) < 4.78 is 0. The van der Waals surface area contributed by atoms with Gasteiger partial charge in [-0.15, -0.1) is 0 Å². The van der Waals surface area contributed by atoms with E-state index in [9.17, 15) is 9.59 Å². The van der Waals surface area contributed by atoms with E-state index in [1.165, 1.54) is 6.92 Å². The number of rotatable bonds is 5. The lowest BCUT2D eigenvalue weighted by Gasteiger charge is -2.07. The first-order valence-electron chi connectivity index (χ1n) is 4.65. The lowest BCUT2D eigenvalue weighted by Crippen LogP contribution is -2.37. The molecular weight excluding hydrogens is 194 g/mol. The van der Waals surface area contributed by atoms with Crippen LogP contribution in [-0.4, -0.2) is 29.4 Å². The van der Waals surface area contributed by atoms with E-state index in [0.29, 0.717) is 5.56 Å². The first-order valence-corrected chi connectivity index (χ1v) is 4.65. The predicted molar refractivity (Wildman–Crippen MR) is 55.9 cm³/mol. The summed E-state index contributed by atoms with van der Waals surface area (Å²) in [6, 6.07) is 8.06. The summed E-state index contributed by atoms with van der Waals surface area (Å²) in [7, 11) is 0. The predicted octanol–water partition coefficient (Wildman–Crippen LogP) is 0.932. The molecule has 0 heterocycles. The van der Waals surface area contributed by atoms with E-state index in [-0.39, 0.29) is 12.3 Å². The number of nitrogens with one attached hydrogen (secondary N) is 1. The van der Waals surface area contributed by atoms with Crippen molar-refractivity contribution in [2.75, 3.05) is 6.54 Å². The van der Waals surface area contributed by atoms with E-state index in [1.54, 1.807) is 24.3 Å². The van der Waals surface area contributed by atoms with Crippen molar-refractivity contribution in [1.29, 1.82) is 0 Å². The number of ketones is 1. The molecule has 4 heteroatoms. The van der Waals surface area contributed by atoms with Gasteiger partial charge in [0.1, 0.15) is 6.04 Å². The van der Waals surface area contributed by atoms with Crippen LogP contribution in [0.4, 0.5) is 0 Å². The van der Waals surface area contributed by atoms with E-state index >= 15 is 0 Å². The van der Waals surface area contributed by atoms with Crippen LogP contribution in [-0.2, 0) is 4.79 Å². The normalized spacial score (nSPS) is 12.1. The van der Waals surface area contributed by atoms with Crippen molar-refractivity contribution in [1.82, 2.24) is 5.32 Å². The van der Waals surface area contributed by atoms with Gasteiger partial charge in [0.05, 0.1) is 6.54 Å². The van der Waals surface area contributed by atoms with Crippen molar-refractivity contribution in [2.24, 2.45) is 0 Å². The summed E-state index contributed by atoms with van der Waals surface area (Å²) >= 11 is 0. The van der Waals surface area contributed by atoms with Crippen molar-refractivity contribution in [3.8, 4) is 0 Å². The van der Waals surface area contributed by atoms with Crippen molar-refractivity contribution >= 4 is 11.8 Å². The maximum absolute atomic E-state index is 11.5. The fourth-order valence-electron chi connectivity index (χ4n) is 1.06. The molecule has 80 valence electrons. The average molecular weight is 207 g/mol. The molecule has 0 aromatic heterocycles. The number of carbonyl (C=O) groups excluding carboxylic acids is 1. The highest BCUT2D eigenvalue weighted by atomic mass is 16.4. The Morgan fingerprint density at radius 3 is 2.47 bits per heavy atom. The lowest BCUT2D eigenvalue weighted by atomic mass is 10.1. The third-order valence-corrected chi connectivity index (χ3v) is 2.03. The molecule has 2 N–H and O–H groups in total. The molecule has 1 rings (SSSR count). The Morgan fingerprint density at radius 2 is 1.93 bits per heavy atom. The molecule has 1 atom stereocenters. The molecule has 0 amide bonds. The molecule has 1 unspecified atom stereocenters. The first-order chi connectivity index (χ1) is 7.11. The van der Waals surface area contributed by atoms with E-state index in [2.05, 4.69) is 5.32 Å². The minimum atomic E-state index is -0.962. The Bertz CT molecular complexity index is 348. The van der Waals surface area contributed by atoms with Crippen LogP contribution in [0.15, 0.2) is 30.3 Å². The molecule has 15 heavy (non-hydrogen) atoms. The number of carboxylic acids is 1. The van der Waals surface area contributed by atoms with Crippen LogP contribution >= 0.6 is 0 Å². The van der Waals surface area contributed by atoms with Gasteiger partial charge in [-0.25, -0.2) is 0 Å². The minimum absolute atomic E-state index is 0.0392. The molecule has 1 aromatic carbocycles. The van der Waals surface area contributed by atoms with Gasteiger partial charge in [-0.1, -0.05) is 30.3 Å². The number of benzene rings is 1. The third-order valence-electron chi connectivity index (χ3n) is 2.03. The van der Waals surface area contributed by atoms with Crippen molar-refractivity contribution in [2.45, 2.75) is 13.0 Å². The lowest BCUT2D eigenvalue weighted by molar-refractivity contribution is -0.138. The number of carboxylic acid groups (broad SMARTS) is 1. The Kier molecular flexibility index (Phi) is 4.00. The van der Waals surface area contributed by atoms with Gasteiger partial charge < -0.3 is 5.11 Å². The Morgan fingerprint density at radius 1 is 1.33 bits per heavy atom. The fraction of sp³-hybridized carbons (Fsp3) is 0.273. The minimum Gasteiger partial charge on any atom is -0.480 e. The Hall–Kier alpha value is -1.68. The van der Waals surface area contributed by atoms with E-state index in [0.717, 1.165) is 0 Å². The number of hydrogen-bond donors (Lipinski definition) is 2. The van der Waals surface area contributed by atoms with Crippen LogP contribution in [0.3, 0.4) is 0 Å². The number of hydrogen-bond acceptors (Lipinski definition) is 3. The Labute approximate surface area is 87.9 Å². The van der Waals surface area contributed by atoms with Crippen molar-refractivity contribution < 1.29 is 14.7 Å². The van der Waals surface area contributed by atoms with E-state index in [4.69, 9.17) is 5.11 Å². The summed E-state index contributed by atoms with van der Waals surface area (Å²) in [5.74, 6) is -1.07. The van der Waals surface area contributed by atoms with Crippen LogP contribution < -0.4 is 5.32 Å². The van der Waals surface area contributed by atoms with Crippen LogP contribution in [0.1, 0.15) is 17.3 Å². The second kappa shape index (κ2) is 5.26.